The lowest BCUT2D eigenvalue weighted by Gasteiger charge is -2.38. The molecule has 1 fully saturated rings. The van der Waals surface area contributed by atoms with Gasteiger partial charge in [-0.3, -0.25) is 9.36 Å². The van der Waals surface area contributed by atoms with Crippen LogP contribution < -0.4 is 15.8 Å². The van der Waals surface area contributed by atoms with Gasteiger partial charge in [0.05, 0.1) is 22.5 Å². The quantitative estimate of drug-likeness (QED) is 0.548. The average molecular weight is 467 g/mol. The highest BCUT2D eigenvalue weighted by atomic mass is 19.1. The molecule has 2 N–H and O–H groups in total. The van der Waals surface area contributed by atoms with Crippen LogP contribution in [-0.4, -0.2) is 40.4 Å². The molecule has 0 radical (unpaired) electrons. The van der Waals surface area contributed by atoms with Crippen LogP contribution in [0.2, 0.25) is 0 Å². The molecule has 1 aromatic heterocycles. The average Bonchev–Trinajstić information content (AvgIpc) is 2.80. The second kappa shape index (κ2) is 9.08. The van der Waals surface area contributed by atoms with Gasteiger partial charge in [0.1, 0.15) is 6.67 Å². The van der Waals surface area contributed by atoms with Crippen LogP contribution in [0.1, 0.15) is 54.2 Å². The fraction of sp³-hybridized carbons (Fsp3) is 0.423. The van der Waals surface area contributed by atoms with Gasteiger partial charge in [0.25, 0.3) is 5.56 Å². The normalized spacial score (nSPS) is 16.4. The molecule has 2 heterocycles. The van der Waals surface area contributed by atoms with E-state index in [1.165, 1.54) is 6.07 Å². The predicted molar refractivity (Wildman–Crippen MR) is 133 cm³/mol. The van der Waals surface area contributed by atoms with Gasteiger partial charge in [0, 0.05) is 31.4 Å². The van der Waals surface area contributed by atoms with Gasteiger partial charge in [-0.15, -0.1) is 0 Å². The van der Waals surface area contributed by atoms with Crippen molar-refractivity contribution in [1.82, 2.24) is 9.55 Å². The summed E-state index contributed by atoms with van der Waals surface area (Å²) in [4.78, 5) is 32.0. The van der Waals surface area contributed by atoms with E-state index in [1.54, 1.807) is 35.9 Å². The summed E-state index contributed by atoms with van der Waals surface area (Å²) in [6, 6.07) is 9.13. The summed E-state index contributed by atoms with van der Waals surface area (Å²) in [5.74, 6) is -0.529. The molecule has 180 valence electrons. The Morgan fingerprint density at radius 2 is 1.91 bits per heavy atom. The first-order valence-corrected chi connectivity index (χ1v) is 11.5. The van der Waals surface area contributed by atoms with Crippen molar-refractivity contribution in [3.05, 3.63) is 63.4 Å². The van der Waals surface area contributed by atoms with Gasteiger partial charge in [0.15, 0.2) is 0 Å². The smallest absolute Gasteiger partial charge is 0.337 e. The molecular formula is C26H31FN4O3. The van der Waals surface area contributed by atoms with Gasteiger partial charge < -0.3 is 15.3 Å². The SMILES string of the molecule is Cc1cc(C(CF)Nc2ccccc2C(=O)O)c2nc(N3CCC(C)(C)CC3)n(C)c(=O)c2c1. The summed E-state index contributed by atoms with van der Waals surface area (Å²) in [6.07, 6.45) is 1.98. The fourth-order valence-electron chi connectivity index (χ4n) is 4.58. The number of halogens is 1. The van der Waals surface area contributed by atoms with Gasteiger partial charge in [-0.2, -0.15) is 0 Å². The number of rotatable bonds is 6. The summed E-state index contributed by atoms with van der Waals surface area (Å²) < 4.78 is 16.0. The third-order valence-corrected chi connectivity index (χ3v) is 6.75. The molecule has 7 nitrogen and oxygen atoms in total. The van der Waals surface area contributed by atoms with Crippen molar-refractivity contribution in [3.8, 4) is 0 Å². The Labute approximate surface area is 198 Å². The van der Waals surface area contributed by atoms with E-state index in [-0.39, 0.29) is 16.5 Å². The highest BCUT2D eigenvalue weighted by Gasteiger charge is 2.28. The lowest BCUT2D eigenvalue weighted by atomic mass is 9.83. The number of nitrogens with one attached hydrogen (secondary N) is 1. The maximum atomic E-state index is 14.4. The highest BCUT2D eigenvalue weighted by molar-refractivity contribution is 5.94. The molecule has 1 aliphatic heterocycles. The molecule has 1 unspecified atom stereocenters. The minimum atomic E-state index is -1.10. The van der Waals surface area contributed by atoms with Gasteiger partial charge in [-0.25, -0.2) is 14.2 Å². The number of nitrogens with zero attached hydrogens (tertiary/aromatic N) is 3. The molecule has 0 spiro atoms. The monoisotopic (exact) mass is 466 g/mol. The summed E-state index contributed by atoms with van der Waals surface area (Å²) >= 11 is 0. The summed E-state index contributed by atoms with van der Waals surface area (Å²) in [6.45, 7) is 7.11. The number of carbonyl (C=O) groups is 1. The van der Waals surface area contributed by atoms with Crippen LogP contribution in [0.25, 0.3) is 10.9 Å². The topological polar surface area (TPSA) is 87.5 Å². The van der Waals surface area contributed by atoms with Crippen molar-refractivity contribution >= 4 is 28.5 Å². The number of para-hydroxylation sites is 1. The van der Waals surface area contributed by atoms with Crippen molar-refractivity contribution in [2.75, 3.05) is 30.0 Å². The zero-order chi connectivity index (χ0) is 24.6. The van der Waals surface area contributed by atoms with Gasteiger partial charge in [0.2, 0.25) is 5.95 Å². The minimum Gasteiger partial charge on any atom is -0.478 e. The Bertz CT molecular complexity index is 1290. The third-order valence-electron chi connectivity index (χ3n) is 6.75. The Morgan fingerprint density at radius 1 is 1.24 bits per heavy atom. The van der Waals surface area contributed by atoms with E-state index in [0.29, 0.717) is 28.1 Å². The first-order chi connectivity index (χ1) is 16.1. The number of alkyl halides is 1. The highest BCUT2D eigenvalue weighted by Crippen LogP contribution is 2.33. The van der Waals surface area contributed by atoms with Crippen LogP contribution in [0.5, 0.6) is 0 Å². The van der Waals surface area contributed by atoms with Crippen molar-refractivity contribution in [2.24, 2.45) is 12.5 Å². The maximum absolute atomic E-state index is 14.4. The van der Waals surface area contributed by atoms with E-state index in [4.69, 9.17) is 4.98 Å². The maximum Gasteiger partial charge on any atom is 0.337 e. The lowest BCUT2D eigenvalue weighted by Crippen LogP contribution is -2.40. The number of hydrogen-bond donors (Lipinski definition) is 2. The number of piperidine rings is 1. The molecule has 0 amide bonds. The number of hydrogen-bond acceptors (Lipinski definition) is 5. The van der Waals surface area contributed by atoms with Crippen LogP contribution in [0.15, 0.2) is 41.2 Å². The molecule has 2 aromatic carbocycles. The number of benzene rings is 2. The number of fused-ring (bicyclic) bond motifs is 1. The number of aromatic carboxylic acids is 1. The Kier molecular flexibility index (Phi) is 6.34. The second-order valence-corrected chi connectivity index (χ2v) is 9.88. The van der Waals surface area contributed by atoms with E-state index in [2.05, 4.69) is 24.1 Å². The number of anilines is 2. The van der Waals surface area contributed by atoms with Gasteiger partial charge >= 0.3 is 5.97 Å². The molecule has 1 saturated heterocycles. The largest absolute Gasteiger partial charge is 0.478 e. The van der Waals surface area contributed by atoms with E-state index < -0.39 is 18.7 Å². The zero-order valence-electron chi connectivity index (χ0n) is 20.1. The summed E-state index contributed by atoms with van der Waals surface area (Å²) in [5.41, 5.74) is 2.22. The van der Waals surface area contributed by atoms with E-state index in [9.17, 15) is 19.1 Å². The van der Waals surface area contributed by atoms with Crippen LogP contribution in [0.3, 0.4) is 0 Å². The first-order valence-electron chi connectivity index (χ1n) is 11.5. The Morgan fingerprint density at radius 3 is 2.56 bits per heavy atom. The predicted octanol–water partition coefficient (Wildman–Crippen LogP) is 4.69. The molecule has 0 saturated carbocycles. The lowest BCUT2D eigenvalue weighted by molar-refractivity contribution is 0.0698. The molecule has 0 bridgehead atoms. The summed E-state index contributed by atoms with van der Waals surface area (Å²) in [5, 5.41) is 13.0. The number of aryl methyl sites for hydroxylation is 1. The van der Waals surface area contributed by atoms with Gasteiger partial charge in [-0.05, 0) is 48.9 Å². The van der Waals surface area contributed by atoms with E-state index in [1.807, 2.05) is 13.0 Å². The third kappa shape index (κ3) is 4.49. The summed E-state index contributed by atoms with van der Waals surface area (Å²) in [7, 11) is 1.72. The molecule has 8 heteroatoms. The number of carboxylic acids is 1. The number of carboxylic acid groups (broad SMARTS) is 1. The van der Waals surface area contributed by atoms with Crippen molar-refractivity contribution in [1.29, 1.82) is 0 Å². The van der Waals surface area contributed by atoms with Crippen LogP contribution in [0, 0.1) is 12.3 Å². The van der Waals surface area contributed by atoms with Crippen LogP contribution >= 0.6 is 0 Å². The Balaban J connectivity index is 1.83. The minimum absolute atomic E-state index is 0.0541. The van der Waals surface area contributed by atoms with Crippen molar-refractivity contribution in [3.63, 3.8) is 0 Å². The molecular weight excluding hydrogens is 435 g/mol. The van der Waals surface area contributed by atoms with E-state index in [0.717, 1.165) is 31.5 Å². The molecule has 1 aliphatic rings. The molecule has 4 rings (SSSR count). The first kappa shape index (κ1) is 23.7. The van der Waals surface area contributed by atoms with Crippen LogP contribution in [-0.2, 0) is 7.05 Å². The fourth-order valence-corrected chi connectivity index (χ4v) is 4.58. The molecule has 34 heavy (non-hydrogen) atoms. The Hall–Kier alpha value is -3.42. The molecule has 0 aliphatic carbocycles. The molecule has 1 atom stereocenters. The van der Waals surface area contributed by atoms with Crippen molar-refractivity contribution < 1.29 is 14.3 Å². The zero-order valence-corrected chi connectivity index (χ0v) is 20.1. The molecule has 3 aromatic rings. The number of aromatic nitrogens is 2. The van der Waals surface area contributed by atoms with Gasteiger partial charge in [-0.1, -0.05) is 32.0 Å². The van der Waals surface area contributed by atoms with E-state index >= 15 is 0 Å². The van der Waals surface area contributed by atoms with Crippen LogP contribution in [0.4, 0.5) is 16.0 Å². The van der Waals surface area contributed by atoms with Crippen molar-refractivity contribution in [2.45, 2.75) is 39.7 Å². The standard InChI is InChI=1S/C26H31FN4O3/c1-16-13-18(21(15-27)28-20-8-6-5-7-17(20)24(33)34)22-19(14-16)23(32)30(4)25(29-22)31-11-9-26(2,3)10-12-31/h5-8,13-14,21,28H,9-12,15H2,1-4H3,(H,33,34). The second-order valence-electron chi connectivity index (χ2n) is 9.88.